The van der Waals surface area contributed by atoms with Gasteiger partial charge < -0.3 is 15.4 Å². The lowest BCUT2D eigenvalue weighted by Crippen LogP contribution is -2.45. The molecule has 1 aromatic carbocycles. The van der Waals surface area contributed by atoms with E-state index in [-0.39, 0.29) is 5.97 Å². The van der Waals surface area contributed by atoms with Crippen LogP contribution in [0.2, 0.25) is 0 Å². The van der Waals surface area contributed by atoms with Gasteiger partial charge in [0.1, 0.15) is 0 Å². The molecular weight excluding hydrogens is 204 g/mol. The molecule has 1 heterocycles. The largest absolute Gasteiger partial charge is 0.465 e. The zero-order chi connectivity index (χ0) is 11.7. The Hall–Kier alpha value is -1.71. The number of anilines is 2. The molecule has 1 aromatic rings. The van der Waals surface area contributed by atoms with Crippen LogP contribution in [-0.4, -0.2) is 26.2 Å². The molecular formula is C12H16N2O2. The average Bonchev–Trinajstić information content (AvgIpc) is 2.25. The molecule has 0 radical (unpaired) electrons. The highest BCUT2D eigenvalue weighted by molar-refractivity contribution is 5.98. The van der Waals surface area contributed by atoms with Gasteiger partial charge in [-0.05, 0) is 18.1 Å². The highest BCUT2D eigenvalue weighted by Crippen LogP contribution is 2.31. The standard InChI is InChI=1S/C12H16N2O2/c1-8-6-14(7-8)10-5-3-4-9(11(10)13)12(15)16-2/h3-5,8H,6-7,13H2,1-2H3. The van der Waals surface area contributed by atoms with Gasteiger partial charge in [0.05, 0.1) is 24.0 Å². The van der Waals surface area contributed by atoms with Crippen LogP contribution in [-0.2, 0) is 4.74 Å². The van der Waals surface area contributed by atoms with Crippen LogP contribution < -0.4 is 10.6 Å². The summed E-state index contributed by atoms with van der Waals surface area (Å²) < 4.78 is 4.69. The third-order valence-electron chi connectivity index (χ3n) is 2.89. The number of para-hydroxylation sites is 1. The second kappa shape index (κ2) is 4.04. The zero-order valence-corrected chi connectivity index (χ0v) is 9.56. The van der Waals surface area contributed by atoms with Crippen molar-refractivity contribution in [1.29, 1.82) is 0 Å². The highest BCUT2D eigenvalue weighted by atomic mass is 16.5. The van der Waals surface area contributed by atoms with Crippen LogP contribution in [0.1, 0.15) is 17.3 Å². The first kappa shape index (κ1) is 10.8. The van der Waals surface area contributed by atoms with Crippen LogP contribution in [0.5, 0.6) is 0 Å². The number of nitrogen functional groups attached to an aromatic ring is 1. The van der Waals surface area contributed by atoms with E-state index in [1.807, 2.05) is 12.1 Å². The van der Waals surface area contributed by atoms with Gasteiger partial charge in [-0.15, -0.1) is 0 Å². The van der Waals surface area contributed by atoms with Gasteiger partial charge in [0, 0.05) is 13.1 Å². The molecule has 2 rings (SSSR count). The number of rotatable bonds is 2. The number of nitrogens with two attached hydrogens (primary N) is 1. The molecule has 1 aliphatic heterocycles. The first-order valence-electron chi connectivity index (χ1n) is 5.35. The third-order valence-corrected chi connectivity index (χ3v) is 2.89. The van der Waals surface area contributed by atoms with Gasteiger partial charge in [0.2, 0.25) is 0 Å². The van der Waals surface area contributed by atoms with E-state index in [1.54, 1.807) is 6.07 Å². The number of hydrogen-bond donors (Lipinski definition) is 1. The normalized spacial score (nSPS) is 15.8. The minimum Gasteiger partial charge on any atom is -0.465 e. The topological polar surface area (TPSA) is 55.6 Å². The van der Waals surface area contributed by atoms with Crippen LogP contribution in [0.4, 0.5) is 11.4 Å². The summed E-state index contributed by atoms with van der Waals surface area (Å²) in [4.78, 5) is 13.6. The molecule has 86 valence electrons. The molecule has 0 atom stereocenters. The maximum Gasteiger partial charge on any atom is 0.340 e. The Morgan fingerprint density at radius 1 is 1.50 bits per heavy atom. The lowest BCUT2D eigenvalue weighted by atomic mass is 10.0. The highest BCUT2D eigenvalue weighted by Gasteiger charge is 2.25. The number of esters is 1. The molecule has 0 spiro atoms. The summed E-state index contributed by atoms with van der Waals surface area (Å²) in [6.45, 7) is 4.18. The molecule has 16 heavy (non-hydrogen) atoms. The number of nitrogens with zero attached hydrogens (tertiary/aromatic N) is 1. The van der Waals surface area contributed by atoms with E-state index in [2.05, 4.69) is 16.6 Å². The van der Waals surface area contributed by atoms with E-state index in [1.165, 1.54) is 7.11 Å². The minimum absolute atomic E-state index is 0.382. The molecule has 4 nitrogen and oxygen atoms in total. The molecule has 0 bridgehead atoms. The van der Waals surface area contributed by atoms with Gasteiger partial charge in [-0.1, -0.05) is 13.0 Å². The maximum absolute atomic E-state index is 11.5. The van der Waals surface area contributed by atoms with Gasteiger partial charge in [-0.3, -0.25) is 0 Å². The second-order valence-electron chi connectivity index (χ2n) is 4.24. The zero-order valence-electron chi connectivity index (χ0n) is 9.56. The van der Waals surface area contributed by atoms with Crippen molar-refractivity contribution in [2.24, 2.45) is 5.92 Å². The van der Waals surface area contributed by atoms with E-state index in [9.17, 15) is 4.79 Å². The minimum atomic E-state index is -0.382. The summed E-state index contributed by atoms with van der Waals surface area (Å²) in [5, 5.41) is 0. The fourth-order valence-corrected chi connectivity index (χ4v) is 2.01. The number of carbonyl (C=O) groups excluding carboxylic acids is 1. The van der Waals surface area contributed by atoms with Crippen molar-refractivity contribution >= 4 is 17.3 Å². The molecule has 0 unspecified atom stereocenters. The predicted octanol–water partition coefficient (Wildman–Crippen LogP) is 1.51. The Bertz CT molecular complexity index is 411. The van der Waals surface area contributed by atoms with Gasteiger partial charge >= 0.3 is 5.97 Å². The summed E-state index contributed by atoms with van der Waals surface area (Å²) in [5.74, 6) is 0.314. The van der Waals surface area contributed by atoms with Crippen LogP contribution in [0.15, 0.2) is 18.2 Å². The van der Waals surface area contributed by atoms with Crippen molar-refractivity contribution in [3.05, 3.63) is 23.8 Å². The molecule has 0 saturated carbocycles. The van der Waals surface area contributed by atoms with Crippen molar-refractivity contribution in [1.82, 2.24) is 0 Å². The number of hydrogen-bond acceptors (Lipinski definition) is 4. The molecule has 0 amide bonds. The molecule has 2 N–H and O–H groups in total. The quantitative estimate of drug-likeness (QED) is 0.606. The Kier molecular flexibility index (Phi) is 2.73. The fourth-order valence-electron chi connectivity index (χ4n) is 2.01. The summed E-state index contributed by atoms with van der Waals surface area (Å²) in [7, 11) is 1.36. The maximum atomic E-state index is 11.5. The van der Waals surface area contributed by atoms with Crippen LogP contribution in [0, 0.1) is 5.92 Å². The van der Waals surface area contributed by atoms with E-state index in [4.69, 9.17) is 5.73 Å². The first-order chi connectivity index (χ1) is 7.63. The Morgan fingerprint density at radius 2 is 2.19 bits per heavy atom. The second-order valence-corrected chi connectivity index (χ2v) is 4.24. The average molecular weight is 220 g/mol. The van der Waals surface area contributed by atoms with Crippen molar-refractivity contribution in [2.75, 3.05) is 30.8 Å². The molecule has 1 aliphatic rings. The number of methoxy groups -OCH3 is 1. The Morgan fingerprint density at radius 3 is 2.75 bits per heavy atom. The number of benzene rings is 1. The van der Waals surface area contributed by atoms with Crippen molar-refractivity contribution in [2.45, 2.75) is 6.92 Å². The molecule has 1 saturated heterocycles. The number of ether oxygens (including phenoxy) is 1. The third kappa shape index (κ3) is 1.71. The van der Waals surface area contributed by atoms with E-state index in [0.717, 1.165) is 18.8 Å². The summed E-state index contributed by atoms with van der Waals surface area (Å²) >= 11 is 0. The van der Waals surface area contributed by atoms with Gasteiger partial charge in [-0.2, -0.15) is 0 Å². The van der Waals surface area contributed by atoms with Crippen LogP contribution >= 0.6 is 0 Å². The van der Waals surface area contributed by atoms with E-state index >= 15 is 0 Å². The van der Waals surface area contributed by atoms with Gasteiger partial charge in [-0.25, -0.2) is 4.79 Å². The SMILES string of the molecule is COC(=O)c1cccc(N2CC(C)C2)c1N. The van der Waals surface area contributed by atoms with Crippen LogP contribution in [0.3, 0.4) is 0 Å². The van der Waals surface area contributed by atoms with E-state index in [0.29, 0.717) is 17.2 Å². The number of carbonyl (C=O) groups is 1. The molecule has 0 aromatic heterocycles. The smallest absolute Gasteiger partial charge is 0.340 e. The van der Waals surface area contributed by atoms with Gasteiger partial charge in [0.15, 0.2) is 0 Å². The fraction of sp³-hybridized carbons (Fsp3) is 0.417. The van der Waals surface area contributed by atoms with Gasteiger partial charge in [0.25, 0.3) is 0 Å². The Balaban J connectivity index is 2.30. The lowest BCUT2D eigenvalue weighted by molar-refractivity contribution is 0.0602. The van der Waals surface area contributed by atoms with Crippen molar-refractivity contribution in [3.63, 3.8) is 0 Å². The lowest BCUT2D eigenvalue weighted by Gasteiger charge is -2.40. The predicted molar refractivity (Wildman–Crippen MR) is 63.6 cm³/mol. The van der Waals surface area contributed by atoms with Crippen molar-refractivity contribution in [3.8, 4) is 0 Å². The molecule has 1 fully saturated rings. The summed E-state index contributed by atoms with van der Waals surface area (Å²) in [5.41, 5.74) is 7.86. The summed E-state index contributed by atoms with van der Waals surface area (Å²) in [6, 6.07) is 5.46. The van der Waals surface area contributed by atoms with E-state index < -0.39 is 0 Å². The summed E-state index contributed by atoms with van der Waals surface area (Å²) in [6.07, 6.45) is 0. The molecule has 4 heteroatoms. The Labute approximate surface area is 95.0 Å². The van der Waals surface area contributed by atoms with Crippen molar-refractivity contribution < 1.29 is 9.53 Å². The molecule has 0 aliphatic carbocycles. The first-order valence-corrected chi connectivity index (χ1v) is 5.35. The van der Waals surface area contributed by atoms with Crippen LogP contribution in [0.25, 0.3) is 0 Å². The monoisotopic (exact) mass is 220 g/mol.